The van der Waals surface area contributed by atoms with Crippen LogP contribution in [0.15, 0.2) is 23.3 Å². The third kappa shape index (κ3) is 4.50. The van der Waals surface area contributed by atoms with Crippen molar-refractivity contribution in [3.8, 4) is 5.88 Å². The Balaban J connectivity index is 0.00000208. The topological polar surface area (TPSA) is 59.0 Å². The van der Waals surface area contributed by atoms with Gasteiger partial charge in [0.25, 0.3) is 0 Å². The Morgan fingerprint density at radius 1 is 1.46 bits per heavy atom. The van der Waals surface area contributed by atoms with Crippen LogP contribution in [0.2, 0.25) is 0 Å². The molecule has 2 aliphatic heterocycles. The Hall–Kier alpha value is -1.09. The lowest BCUT2D eigenvalue weighted by Crippen LogP contribution is -2.41. The second-order valence-corrected chi connectivity index (χ2v) is 6.35. The van der Waals surface area contributed by atoms with Gasteiger partial charge in [-0.2, -0.15) is 0 Å². The minimum Gasteiger partial charge on any atom is -0.481 e. The molecule has 2 saturated heterocycles. The van der Waals surface area contributed by atoms with Gasteiger partial charge in [0.2, 0.25) is 5.88 Å². The number of aliphatic imine (C=N–C) groups is 1. The number of nitrogens with zero attached hydrogens (tertiary/aromatic N) is 3. The van der Waals surface area contributed by atoms with E-state index in [1.165, 1.54) is 12.8 Å². The van der Waals surface area contributed by atoms with Gasteiger partial charge in [-0.1, -0.05) is 6.07 Å². The van der Waals surface area contributed by atoms with E-state index in [0.717, 1.165) is 44.4 Å². The van der Waals surface area contributed by atoms with Gasteiger partial charge in [0, 0.05) is 43.9 Å². The van der Waals surface area contributed by atoms with Gasteiger partial charge in [0.1, 0.15) is 0 Å². The first-order valence-corrected chi connectivity index (χ1v) is 8.35. The third-order valence-electron chi connectivity index (χ3n) is 4.68. The Morgan fingerprint density at radius 3 is 2.96 bits per heavy atom. The van der Waals surface area contributed by atoms with Crippen LogP contribution < -0.4 is 10.1 Å². The number of pyridine rings is 1. The Bertz CT molecular complexity index is 544. The predicted molar refractivity (Wildman–Crippen MR) is 105 cm³/mol. The van der Waals surface area contributed by atoms with Gasteiger partial charge in [-0.15, -0.1) is 24.0 Å². The number of halogens is 1. The number of rotatable bonds is 4. The Morgan fingerprint density at radius 2 is 2.33 bits per heavy atom. The van der Waals surface area contributed by atoms with Crippen molar-refractivity contribution >= 4 is 29.9 Å². The van der Waals surface area contributed by atoms with Crippen LogP contribution in [0.5, 0.6) is 5.88 Å². The standard InChI is InChI=1S/C17H26N4O2.HI/c1-3-18-16(20-11-14-4-5-15(22-2)19-10-14)21-8-6-17(12-21)7-9-23-13-17;/h4-5,10H,3,6-9,11-13H2,1-2H3,(H,18,20);1H. The fourth-order valence-corrected chi connectivity index (χ4v) is 3.30. The molecule has 0 radical (unpaired) electrons. The average molecular weight is 446 g/mol. The van der Waals surface area contributed by atoms with Crippen molar-refractivity contribution in [3.63, 3.8) is 0 Å². The van der Waals surface area contributed by atoms with Gasteiger partial charge in [0.05, 0.1) is 20.3 Å². The molecule has 1 atom stereocenters. The zero-order valence-electron chi connectivity index (χ0n) is 14.5. The molecule has 1 aromatic heterocycles. The highest BCUT2D eigenvalue weighted by Gasteiger charge is 2.42. The summed E-state index contributed by atoms with van der Waals surface area (Å²) in [6, 6.07) is 3.88. The molecule has 2 aliphatic rings. The first-order chi connectivity index (χ1) is 11.2. The monoisotopic (exact) mass is 446 g/mol. The van der Waals surface area contributed by atoms with E-state index in [-0.39, 0.29) is 24.0 Å². The summed E-state index contributed by atoms with van der Waals surface area (Å²) in [6.45, 7) is 7.49. The highest BCUT2D eigenvalue weighted by molar-refractivity contribution is 14.0. The molecule has 24 heavy (non-hydrogen) atoms. The van der Waals surface area contributed by atoms with Crippen LogP contribution in [-0.4, -0.2) is 55.8 Å². The molecule has 6 nitrogen and oxygen atoms in total. The van der Waals surface area contributed by atoms with Crippen molar-refractivity contribution in [1.82, 2.24) is 15.2 Å². The second kappa shape index (κ2) is 8.84. The molecular weight excluding hydrogens is 419 g/mol. The van der Waals surface area contributed by atoms with E-state index in [4.69, 9.17) is 14.5 Å². The van der Waals surface area contributed by atoms with Crippen molar-refractivity contribution < 1.29 is 9.47 Å². The largest absolute Gasteiger partial charge is 0.481 e. The molecule has 0 saturated carbocycles. The zero-order chi connectivity index (χ0) is 16.1. The predicted octanol–water partition coefficient (Wildman–Crippen LogP) is 2.29. The molecule has 1 unspecified atom stereocenters. The summed E-state index contributed by atoms with van der Waals surface area (Å²) in [5.41, 5.74) is 1.43. The van der Waals surface area contributed by atoms with Crippen LogP contribution in [0.3, 0.4) is 0 Å². The summed E-state index contributed by atoms with van der Waals surface area (Å²) in [5, 5.41) is 3.41. The SMILES string of the molecule is CCNC(=NCc1ccc(OC)nc1)N1CCC2(CCOC2)C1.I. The van der Waals surface area contributed by atoms with Crippen molar-refractivity contribution in [1.29, 1.82) is 0 Å². The third-order valence-corrected chi connectivity index (χ3v) is 4.68. The van der Waals surface area contributed by atoms with Crippen LogP contribution in [0, 0.1) is 5.41 Å². The normalized spacial score (nSPS) is 23.4. The number of likely N-dealkylation sites (tertiary alicyclic amines) is 1. The maximum Gasteiger partial charge on any atom is 0.212 e. The van der Waals surface area contributed by atoms with Gasteiger partial charge >= 0.3 is 0 Å². The first kappa shape index (κ1) is 19.2. The number of hydrogen-bond acceptors (Lipinski definition) is 4. The van der Waals surface area contributed by atoms with Crippen molar-refractivity contribution in [3.05, 3.63) is 23.9 Å². The second-order valence-electron chi connectivity index (χ2n) is 6.35. The van der Waals surface area contributed by atoms with Gasteiger partial charge in [-0.3, -0.25) is 0 Å². The van der Waals surface area contributed by atoms with Crippen LogP contribution in [0.1, 0.15) is 25.3 Å². The van der Waals surface area contributed by atoms with Gasteiger partial charge in [-0.05, 0) is 25.3 Å². The van der Waals surface area contributed by atoms with Crippen LogP contribution in [0.4, 0.5) is 0 Å². The number of hydrogen-bond donors (Lipinski definition) is 1. The summed E-state index contributed by atoms with van der Waals surface area (Å²) < 4.78 is 10.7. The minimum absolute atomic E-state index is 0. The highest BCUT2D eigenvalue weighted by atomic mass is 127. The van der Waals surface area contributed by atoms with E-state index < -0.39 is 0 Å². The average Bonchev–Trinajstić information content (AvgIpc) is 3.22. The van der Waals surface area contributed by atoms with Crippen molar-refractivity contribution in [2.75, 3.05) is 40.0 Å². The molecule has 1 spiro atoms. The van der Waals surface area contributed by atoms with Crippen LogP contribution >= 0.6 is 24.0 Å². The quantitative estimate of drug-likeness (QED) is 0.437. The number of ether oxygens (including phenoxy) is 2. The lowest BCUT2D eigenvalue weighted by atomic mass is 9.87. The molecule has 0 aromatic carbocycles. The van der Waals surface area contributed by atoms with Gasteiger partial charge < -0.3 is 19.7 Å². The number of nitrogens with one attached hydrogen (secondary N) is 1. The smallest absolute Gasteiger partial charge is 0.212 e. The van der Waals surface area contributed by atoms with Crippen molar-refractivity contribution in [2.45, 2.75) is 26.3 Å². The lowest BCUT2D eigenvalue weighted by molar-refractivity contribution is 0.156. The fourth-order valence-electron chi connectivity index (χ4n) is 3.30. The van der Waals surface area contributed by atoms with Gasteiger partial charge in [-0.25, -0.2) is 9.98 Å². The first-order valence-electron chi connectivity index (χ1n) is 8.35. The zero-order valence-corrected chi connectivity index (χ0v) is 16.8. The molecule has 134 valence electrons. The molecule has 0 aliphatic carbocycles. The van der Waals surface area contributed by atoms with Crippen LogP contribution in [-0.2, 0) is 11.3 Å². The number of aromatic nitrogens is 1. The summed E-state index contributed by atoms with van der Waals surface area (Å²) in [6.07, 6.45) is 4.19. The number of methoxy groups -OCH3 is 1. The molecule has 3 rings (SSSR count). The molecule has 3 heterocycles. The molecule has 2 fully saturated rings. The summed E-state index contributed by atoms with van der Waals surface area (Å²) in [4.78, 5) is 11.4. The van der Waals surface area contributed by atoms with Crippen LogP contribution in [0.25, 0.3) is 0 Å². The van der Waals surface area contributed by atoms with E-state index >= 15 is 0 Å². The maximum absolute atomic E-state index is 5.61. The molecular formula is C17H27IN4O2. The van der Waals surface area contributed by atoms with E-state index in [1.807, 2.05) is 18.3 Å². The summed E-state index contributed by atoms with van der Waals surface area (Å²) >= 11 is 0. The fraction of sp³-hybridized carbons (Fsp3) is 0.647. The maximum atomic E-state index is 5.61. The number of guanidine groups is 1. The van der Waals surface area contributed by atoms with E-state index in [1.54, 1.807) is 7.11 Å². The Kier molecular flexibility index (Phi) is 7.09. The molecule has 1 N–H and O–H groups in total. The lowest BCUT2D eigenvalue weighted by Gasteiger charge is -2.25. The summed E-state index contributed by atoms with van der Waals surface area (Å²) in [5.74, 6) is 1.62. The molecule has 7 heteroatoms. The minimum atomic E-state index is 0. The molecule has 0 bridgehead atoms. The highest BCUT2D eigenvalue weighted by Crippen LogP contribution is 2.38. The Labute approximate surface area is 161 Å². The van der Waals surface area contributed by atoms with Gasteiger partial charge in [0.15, 0.2) is 5.96 Å². The van der Waals surface area contributed by atoms with E-state index in [9.17, 15) is 0 Å². The molecule has 1 aromatic rings. The van der Waals surface area contributed by atoms with Crippen molar-refractivity contribution in [2.24, 2.45) is 10.4 Å². The van der Waals surface area contributed by atoms with E-state index in [0.29, 0.717) is 17.8 Å². The van der Waals surface area contributed by atoms with E-state index in [2.05, 4.69) is 22.1 Å². The summed E-state index contributed by atoms with van der Waals surface area (Å²) in [7, 11) is 1.62. The molecule has 0 amide bonds.